The molecule has 0 heterocycles. The highest BCUT2D eigenvalue weighted by Crippen LogP contribution is 2.50. The molecular weight excluding hydrogens is 277 g/mol. The largest absolute Gasteiger partial charge is 0.368 e. The van der Waals surface area contributed by atoms with E-state index in [1.54, 1.807) is 18.2 Å². The van der Waals surface area contributed by atoms with Crippen LogP contribution < -0.4 is 5.73 Å². The fourth-order valence-corrected chi connectivity index (χ4v) is 2.04. The number of halogens is 2. The summed E-state index contributed by atoms with van der Waals surface area (Å²) >= 11 is 3.12. The van der Waals surface area contributed by atoms with E-state index in [0.717, 1.165) is 0 Å². The first-order chi connectivity index (χ1) is 7.55. The molecule has 1 saturated carbocycles. The number of amides is 1. The Morgan fingerprint density at radius 2 is 2.25 bits per heavy atom. The van der Waals surface area contributed by atoms with Crippen LogP contribution in [0, 0.1) is 5.82 Å². The highest BCUT2D eigenvalue weighted by Gasteiger charge is 2.48. The van der Waals surface area contributed by atoms with Crippen molar-refractivity contribution in [3.8, 4) is 0 Å². The molecule has 1 fully saturated rings. The molecule has 3 nitrogen and oxygen atoms in total. The molecule has 1 aliphatic rings. The maximum absolute atomic E-state index is 13.8. The summed E-state index contributed by atoms with van der Waals surface area (Å²) in [6, 6.07) is 5.05. The van der Waals surface area contributed by atoms with Crippen molar-refractivity contribution in [2.24, 2.45) is 5.73 Å². The Balaban J connectivity index is 2.23. The smallest absolute Gasteiger partial charge is 0.243 e. The molecule has 86 valence electrons. The van der Waals surface area contributed by atoms with E-state index in [4.69, 9.17) is 10.5 Å². The highest BCUT2D eigenvalue weighted by atomic mass is 79.9. The van der Waals surface area contributed by atoms with Crippen LogP contribution in [0.4, 0.5) is 4.39 Å². The normalized spacial score (nSPS) is 17.1. The number of nitrogens with two attached hydrogens (primary N) is 1. The summed E-state index contributed by atoms with van der Waals surface area (Å²) in [5, 5.41) is 0. The van der Waals surface area contributed by atoms with Crippen molar-refractivity contribution in [1.82, 2.24) is 0 Å². The summed E-state index contributed by atoms with van der Waals surface area (Å²) in [5.74, 6) is -0.869. The second-order valence-electron chi connectivity index (χ2n) is 3.85. The number of primary amides is 1. The molecule has 0 bridgehead atoms. The summed E-state index contributed by atoms with van der Waals surface area (Å²) < 4.78 is 19.6. The summed E-state index contributed by atoms with van der Waals surface area (Å²) in [4.78, 5) is 10.7. The van der Waals surface area contributed by atoms with Gasteiger partial charge < -0.3 is 10.5 Å². The van der Waals surface area contributed by atoms with Gasteiger partial charge in [-0.2, -0.15) is 0 Å². The van der Waals surface area contributed by atoms with E-state index >= 15 is 0 Å². The van der Waals surface area contributed by atoms with Gasteiger partial charge in [-0.25, -0.2) is 4.39 Å². The quantitative estimate of drug-likeness (QED) is 0.922. The monoisotopic (exact) mass is 287 g/mol. The molecule has 0 aliphatic heterocycles. The number of carbonyl (C=O) groups excluding carboxylic acids is 1. The minimum Gasteiger partial charge on any atom is -0.368 e. The second-order valence-corrected chi connectivity index (χ2v) is 4.70. The molecule has 1 aromatic carbocycles. The van der Waals surface area contributed by atoms with E-state index in [9.17, 15) is 9.18 Å². The van der Waals surface area contributed by atoms with Crippen molar-refractivity contribution in [3.63, 3.8) is 0 Å². The Morgan fingerprint density at radius 1 is 1.56 bits per heavy atom. The van der Waals surface area contributed by atoms with Gasteiger partial charge in [0.15, 0.2) is 0 Å². The van der Waals surface area contributed by atoms with Crippen LogP contribution in [0.3, 0.4) is 0 Å². The van der Waals surface area contributed by atoms with Gasteiger partial charge in [0.05, 0.1) is 10.1 Å². The van der Waals surface area contributed by atoms with Gasteiger partial charge in [-0.15, -0.1) is 0 Å². The molecule has 0 atom stereocenters. The summed E-state index contributed by atoms with van der Waals surface area (Å²) in [6.45, 7) is -0.175. The molecule has 0 unspecified atom stereocenters. The number of rotatable bonds is 4. The van der Waals surface area contributed by atoms with Gasteiger partial charge in [-0.3, -0.25) is 4.79 Å². The number of hydrogen-bond acceptors (Lipinski definition) is 2. The first-order valence-electron chi connectivity index (χ1n) is 4.92. The molecule has 1 aromatic rings. The van der Waals surface area contributed by atoms with Gasteiger partial charge >= 0.3 is 0 Å². The summed E-state index contributed by atoms with van der Waals surface area (Å²) in [6.07, 6.45) is 1.43. The maximum Gasteiger partial charge on any atom is 0.243 e. The van der Waals surface area contributed by atoms with Crippen LogP contribution in [0.5, 0.6) is 0 Å². The molecule has 16 heavy (non-hydrogen) atoms. The predicted octanol–water partition coefficient (Wildman–Crippen LogP) is 2.08. The zero-order valence-corrected chi connectivity index (χ0v) is 10.1. The molecule has 0 spiro atoms. The van der Waals surface area contributed by atoms with Crippen LogP contribution in [-0.2, 0) is 15.1 Å². The van der Waals surface area contributed by atoms with Crippen LogP contribution in [0.2, 0.25) is 0 Å². The van der Waals surface area contributed by atoms with Gasteiger partial charge in [0, 0.05) is 5.56 Å². The Kier molecular flexibility index (Phi) is 2.99. The lowest BCUT2D eigenvalue weighted by Crippen LogP contribution is -2.24. The molecular formula is C11H11BrFNO2. The van der Waals surface area contributed by atoms with Crippen LogP contribution >= 0.6 is 15.9 Å². The molecule has 2 N–H and O–H groups in total. The second kappa shape index (κ2) is 4.14. The molecule has 1 aliphatic carbocycles. The number of benzene rings is 1. The van der Waals surface area contributed by atoms with Crippen molar-refractivity contribution in [2.75, 3.05) is 6.61 Å². The standard InChI is InChI=1S/C11H11BrFNO2/c12-8-3-1-2-7(10(8)13)11(4-5-11)16-6-9(14)15/h1-3H,4-6H2,(H2,14,15). The van der Waals surface area contributed by atoms with E-state index in [1.807, 2.05) is 0 Å². The fourth-order valence-electron chi connectivity index (χ4n) is 1.67. The minimum absolute atomic E-state index is 0.175. The fraction of sp³-hybridized carbons (Fsp3) is 0.364. The van der Waals surface area contributed by atoms with Gasteiger partial charge in [-0.1, -0.05) is 12.1 Å². The third-order valence-electron chi connectivity index (χ3n) is 2.64. The maximum atomic E-state index is 13.8. The molecule has 5 heteroatoms. The number of hydrogen-bond donors (Lipinski definition) is 1. The van der Waals surface area contributed by atoms with Gasteiger partial charge in [0.1, 0.15) is 12.4 Å². The Hall–Kier alpha value is -0.940. The first kappa shape index (κ1) is 11.5. The van der Waals surface area contributed by atoms with Crippen molar-refractivity contribution in [3.05, 3.63) is 34.1 Å². The SMILES string of the molecule is NC(=O)COC1(c2cccc(Br)c2F)CC1. The topological polar surface area (TPSA) is 52.3 Å². The molecule has 2 rings (SSSR count). The van der Waals surface area contributed by atoms with E-state index < -0.39 is 11.5 Å². The first-order valence-corrected chi connectivity index (χ1v) is 5.71. The lowest BCUT2D eigenvalue weighted by molar-refractivity contribution is -0.125. The van der Waals surface area contributed by atoms with Crippen molar-refractivity contribution in [2.45, 2.75) is 18.4 Å². The summed E-state index contributed by atoms with van der Waals surface area (Å²) in [7, 11) is 0. The van der Waals surface area contributed by atoms with Crippen molar-refractivity contribution in [1.29, 1.82) is 0 Å². The van der Waals surface area contributed by atoms with Gasteiger partial charge in [0.25, 0.3) is 0 Å². The van der Waals surface area contributed by atoms with Crippen molar-refractivity contribution < 1.29 is 13.9 Å². The van der Waals surface area contributed by atoms with Crippen LogP contribution in [0.1, 0.15) is 18.4 Å². The van der Waals surface area contributed by atoms with Crippen LogP contribution in [0.15, 0.2) is 22.7 Å². The zero-order valence-electron chi connectivity index (χ0n) is 8.50. The molecule has 0 radical (unpaired) electrons. The lowest BCUT2D eigenvalue weighted by Gasteiger charge is -2.17. The Labute approximate surface area is 101 Å². The minimum atomic E-state index is -0.650. The zero-order chi connectivity index (χ0) is 11.8. The van der Waals surface area contributed by atoms with E-state index in [0.29, 0.717) is 22.9 Å². The number of carbonyl (C=O) groups is 1. The lowest BCUT2D eigenvalue weighted by atomic mass is 10.1. The number of ether oxygens (including phenoxy) is 1. The average Bonchev–Trinajstić information content (AvgIpc) is 3.00. The van der Waals surface area contributed by atoms with Gasteiger partial charge in [-0.05, 0) is 34.8 Å². The molecule has 1 amide bonds. The predicted molar refractivity (Wildman–Crippen MR) is 60.2 cm³/mol. The Morgan fingerprint density at radius 3 is 2.81 bits per heavy atom. The third-order valence-corrected chi connectivity index (χ3v) is 3.25. The Bertz CT molecular complexity index is 432. The van der Waals surface area contributed by atoms with E-state index in [2.05, 4.69) is 15.9 Å². The molecule has 0 saturated heterocycles. The molecule has 0 aromatic heterocycles. The van der Waals surface area contributed by atoms with Gasteiger partial charge in [0.2, 0.25) is 5.91 Å². The highest BCUT2D eigenvalue weighted by molar-refractivity contribution is 9.10. The van der Waals surface area contributed by atoms with E-state index in [1.165, 1.54) is 0 Å². The third kappa shape index (κ3) is 2.10. The van der Waals surface area contributed by atoms with Crippen molar-refractivity contribution >= 4 is 21.8 Å². The average molecular weight is 288 g/mol. The van der Waals surface area contributed by atoms with Crippen LogP contribution in [-0.4, -0.2) is 12.5 Å². The summed E-state index contributed by atoms with van der Waals surface area (Å²) in [5.41, 5.74) is 4.85. The van der Waals surface area contributed by atoms with E-state index in [-0.39, 0.29) is 12.4 Å². The van der Waals surface area contributed by atoms with Crippen LogP contribution in [0.25, 0.3) is 0 Å².